The first-order valence-electron chi connectivity index (χ1n) is 6.91. The lowest BCUT2D eigenvalue weighted by Gasteiger charge is -2.33. The average Bonchev–Trinajstić information content (AvgIpc) is 2.45. The van der Waals surface area contributed by atoms with Crippen LogP contribution in [0.1, 0.15) is 26.7 Å². The number of piperazine rings is 1. The first-order valence-corrected chi connectivity index (χ1v) is 6.91. The summed E-state index contributed by atoms with van der Waals surface area (Å²) in [4.78, 5) is 39.6. The van der Waals surface area contributed by atoms with E-state index in [1.54, 1.807) is 14.7 Å². The zero-order valence-electron chi connectivity index (χ0n) is 11.8. The van der Waals surface area contributed by atoms with Crippen LogP contribution in [-0.2, 0) is 14.4 Å². The van der Waals surface area contributed by atoms with Crippen LogP contribution in [0.25, 0.3) is 0 Å². The third-order valence-corrected chi connectivity index (χ3v) is 3.21. The molecule has 6 nitrogen and oxygen atoms in total. The Morgan fingerprint density at radius 2 is 1.58 bits per heavy atom. The molecule has 1 saturated heterocycles. The number of carbonyl (C=O) groups is 3. The highest BCUT2D eigenvalue weighted by Crippen LogP contribution is 2.04. The molecule has 1 aliphatic heterocycles. The topological polar surface area (TPSA) is 60.9 Å². The van der Waals surface area contributed by atoms with E-state index in [9.17, 15) is 14.4 Å². The normalized spacial score (nSPS) is 15.3. The molecule has 3 amide bonds. The summed E-state index contributed by atoms with van der Waals surface area (Å²) in [5.41, 5.74) is 0. The molecule has 0 spiro atoms. The van der Waals surface area contributed by atoms with E-state index in [2.05, 4.69) is 0 Å². The van der Waals surface area contributed by atoms with Crippen LogP contribution in [0.4, 0.5) is 0 Å². The second kappa shape index (κ2) is 7.76. The van der Waals surface area contributed by atoms with Gasteiger partial charge in [-0.2, -0.15) is 0 Å². The van der Waals surface area contributed by atoms with Gasteiger partial charge in [-0.25, -0.2) is 0 Å². The number of hydrogen-bond donors (Lipinski definition) is 0. The molecule has 1 fully saturated rings. The van der Waals surface area contributed by atoms with Crippen molar-refractivity contribution in [3.05, 3.63) is 0 Å². The summed E-state index contributed by atoms with van der Waals surface area (Å²) in [7, 11) is 0. The van der Waals surface area contributed by atoms with E-state index >= 15 is 0 Å². The first-order chi connectivity index (χ1) is 9.13. The summed E-state index contributed by atoms with van der Waals surface area (Å²) >= 11 is 0. The minimum absolute atomic E-state index is 0.414. The van der Waals surface area contributed by atoms with Gasteiger partial charge in [-0.3, -0.25) is 14.4 Å². The minimum atomic E-state index is -0.438. The predicted octanol–water partition coefficient (Wildman–Crippen LogP) is -0.0644. The maximum Gasteiger partial charge on any atom is 0.312 e. The highest BCUT2D eigenvalue weighted by Gasteiger charge is 2.28. The van der Waals surface area contributed by atoms with Gasteiger partial charge in [0.1, 0.15) is 0 Å². The van der Waals surface area contributed by atoms with E-state index < -0.39 is 11.8 Å². The maximum absolute atomic E-state index is 12.1. The van der Waals surface area contributed by atoms with Gasteiger partial charge in [0.05, 0.1) is 0 Å². The highest BCUT2D eigenvalue weighted by molar-refractivity contribution is 6.34. The van der Waals surface area contributed by atoms with E-state index in [4.69, 9.17) is 0 Å². The van der Waals surface area contributed by atoms with Gasteiger partial charge in [0.2, 0.25) is 6.41 Å². The highest BCUT2D eigenvalue weighted by atomic mass is 16.2. The zero-order chi connectivity index (χ0) is 14.3. The van der Waals surface area contributed by atoms with E-state index in [0.29, 0.717) is 39.3 Å². The van der Waals surface area contributed by atoms with E-state index in [-0.39, 0.29) is 0 Å². The molecule has 1 aliphatic rings. The van der Waals surface area contributed by atoms with Crippen LogP contribution in [0.3, 0.4) is 0 Å². The van der Waals surface area contributed by atoms with Crippen LogP contribution >= 0.6 is 0 Å². The van der Waals surface area contributed by atoms with Crippen molar-refractivity contribution in [3.8, 4) is 0 Å². The molecular formula is C13H23N3O3. The molecule has 0 aromatic heterocycles. The molecular weight excluding hydrogens is 246 g/mol. The maximum atomic E-state index is 12.1. The van der Waals surface area contributed by atoms with Crippen molar-refractivity contribution in [2.75, 3.05) is 39.3 Å². The molecule has 0 bridgehead atoms. The lowest BCUT2D eigenvalue weighted by Crippen LogP contribution is -2.53. The number of rotatable bonds is 5. The van der Waals surface area contributed by atoms with Gasteiger partial charge in [0.25, 0.3) is 0 Å². The van der Waals surface area contributed by atoms with Crippen molar-refractivity contribution in [1.29, 1.82) is 0 Å². The van der Waals surface area contributed by atoms with Crippen LogP contribution in [0.5, 0.6) is 0 Å². The van der Waals surface area contributed by atoms with Gasteiger partial charge in [-0.1, -0.05) is 13.8 Å². The van der Waals surface area contributed by atoms with Gasteiger partial charge in [-0.05, 0) is 12.8 Å². The second-order valence-corrected chi connectivity index (χ2v) is 4.73. The van der Waals surface area contributed by atoms with Crippen molar-refractivity contribution in [2.45, 2.75) is 26.7 Å². The monoisotopic (exact) mass is 269 g/mol. The fourth-order valence-electron chi connectivity index (χ4n) is 2.16. The van der Waals surface area contributed by atoms with Crippen LogP contribution in [-0.4, -0.2) is 72.2 Å². The van der Waals surface area contributed by atoms with Crippen LogP contribution in [0, 0.1) is 0 Å². The molecule has 108 valence electrons. The molecule has 1 rings (SSSR count). The lowest BCUT2D eigenvalue weighted by atomic mass is 10.3. The van der Waals surface area contributed by atoms with Gasteiger partial charge in [0.15, 0.2) is 0 Å². The number of carbonyl (C=O) groups excluding carboxylic acids is 3. The van der Waals surface area contributed by atoms with Crippen LogP contribution in [0.2, 0.25) is 0 Å². The summed E-state index contributed by atoms with van der Waals surface area (Å²) in [6.45, 7) is 7.10. The van der Waals surface area contributed by atoms with Crippen molar-refractivity contribution in [2.24, 2.45) is 0 Å². The van der Waals surface area contributed by atoms with Crippen LogP contribution < -0.4 is 0 Å². The Kier molecular flexibility index (Phi) is 6.32. The standard InChI is InChI=1S/C13H23N3O3/c1-3-5-15(6-4-2)12(18)13(19)16-9-7-14(11-17)8-10-16/h11H,3-10H2,1-2H3. The Bertz CT molecular complexity index is 319. The van der Waals surface area contributed by atoms with Gasteiger partial charge < -0.3 is 14.7 Å². The van der Waals surface area contributed by atoms with E-state index in [1.807, 2.05) is 13.8 Å². The summed E-state index contributed by atoms with van der Waals surface area (Å²) in [6.07, 6.45) is 2.47. The molecule has 6 heteroatoms. The number of amides is 3. The minimum Gasteiger partial charge on any atom is -0.342 e. The van der Waals surface area contributed by atoms with Gasteiger partial charge in [0, 0.05) is 39.3 Å². The summed E-state index contributed by atoms with van der Waals surface area (Å²) in [5.74, 6) is -0.851. The third-order valence-electron chi connectivity index (χ3n) is 3.21. The number of nitrogens with zero attached hydrogens (tertiary/aromatic N) is 3. The molecule has 0 unspecified atom stereocenters. The van der Waals surface area contributed by atoms with Crippen LogP contribution in [0.15, 0.2) is 0 Å². The largest absolute Gasteiger partial charge is 0.342 e. The van der Waals surface area contributed by atoms with E-state index in [1.165, 1.54) is 0 Å². The molecule has 0 N–H and O–H groups in total. The van der Waals surface area contributed by atoms with Crippen molar-refractivity contribution in [3.63, 3.8) is 0 Å². The Morgan fingerprint density at radius 1 is 1.05 bits per heavy atom. The second-order valence-electron chi connectivity index (χ2n) is 4.73. The third kappa shape index (κ3) is 4.22. The fourth-order valence-corrected chi connectivity index (χ4v) is 2.16. The lowest BCUT2D eigenvalue weighted by molar-refractivity contribution is -0.153. The van der Waals surface area contributed by atoms with Crippen molar-refractivity contribution < 1.29 is 14.4 Å². The molecule has 0 aromatic rings. The van der Waals surface area contributed by atoms with Crippen molar-refractivity contribution >= 4 is 18.2 Å². The first kappa shape index (κ1) is 15.5. The molecule has 0 radical (unpaired) electrons. The predicted molar refractivity (Wildman–Crippen MR) is 71.4 cm³/mol. The van der Waals surface area contributed by atoms with Gasteiger partial charge in [-0.15, -0.1) is 0 Å². The number of hydrogen-bond acceptors (Lipinski definition) is 3. The SMILES string of the molecule is CCCN(CCC)C(=O)C(=O)N1CCN(C=O)CC1. The van der Waals surface area contributed by atoms with Gasteiger partial charge >= 0.3 is 11.8 Å². The molecule has 0 aromatic carbocycles. The molecule has 0 atom stereocenters. The fraction of sp³-hybridized carbons (Fsp3) is 0.769. The smallest absolute Gasteiger partial charge is 0.312 e. The average molecular weight is 269 g/mol. The molecule has 19 heavy (non-hydrogen) atoms. The van der Waals surface area contributed by atoms with Crippen molar-refractivity contribution in [1.82, 2.24) is 14.7 Å². The molecule has 0 saturated carbocycles. The summed E-state index contributed by atoms with van der Waals surface area (Å²) in [5, 5.41) is 0. The zero-order valence-corrected chi connectivity index (χ0v) is 11.8. The quantitative estimate of drug-likeness (QED) is 0.519. The Morgan fingerprint density at radius 3 is 2.00 bits per heavy atom. The molecule has 0 aliphatic carbocycles. The summed E-state index contributed by atoms with van der Waals surface area (Å²) < 4.78 is 0. The van der Waals surface area contributed by atoms with E-state index in [0.717, 1.165) is 19.3 Å². The Labute approximate surface area is 114 Å². The summed E-state index contributed by atoms with van der Waals surface area (Å²) in [6, 6.07) is 0. The Hall–Kier alpha value is -1.59. The Balaban J connectivity index is 2.55. The molecule has 1 heterocycles.